The molecule has 0 aromatic heterocycles. The van der Waals surface area contributed by atoms with Crippen LogP contribution in [0.4, 0.5) is 8.78 Å². The highest BCUT2D eigenvalue weighted by molar-refractivity contribution is 5.79. The fourth-order valence-corrected chi connectivity index (χ4v) is 2.56. The van der Waals surface area contributed by atoms with Gasteiger partial charge in [-0.25, -0.2) is 8.78 Å². The van der Waals surface area contributed by atoms with Crippen molar-refractivity contribution in [3.8, 4) is 0 Å². The second kappa shape index (κ2) is 6.10. The summed E-state index contributed by atoms with van der Waals surface area (Å²) in [7, 11) is 1.84. The largest absolute Gasteiger partial charge is 0.338 e. The molecule has 0 bridgehead atoms. The fraction of sp³-hybridized carbons (Fsp3) is 0.500. The first-order valence-electron chi connectivity index (χ1n) is 6.50. The van der Waals surface area contributed by atoms with Gasteiger partial charge in [0.05, 0.1) is 6.42 Å². The van der Waals surface area contributed by atoms with E-state index in [-0.39, 0.29) is 23.9 Å². The van der Waals surface area contributed by atoms with Gasteiger partial charge in [-0.15, -0.1) is 0 Å². The van der Waals surface area contributed by atoms with Crippen molar-refractivity contribution in [3.05, 3.63) is 35.4 Å². The molecule has 1 aliphatic heterocycles. The van der Waals surface area contributed by atoms with E-state index in [4.69, 9.17) is 0 Å². The Hall–Kier alpha value is -1.49. The van der Waals surface area contributed by atoms with Gasteiger partial charge in [0.15, 0.2) is 11.6 Å². The third-order valence-corrected chi connectivity index (χ3v) is 3.51. The first-order chi connectivity index (χ1) is 9.13. The van der Waals surface area contributed by atoms with E-state index in [0.717, 1.165) is 25.5 Å². The number of amides is 1. The third-order valence-electron chi connectivity index (χ3n) is 3.51. The van der Waals surface area contributed by atoms with E-state index in [2.05, 4.69) is 5.32 Å². The van der Waals surface area contributed by atoms with Crippen molar-refractivity contribution >= 4 is 5.91 Å². The summed E-state index contributed by atoms with van der Waals surface area (Å²) in [5, 5.41) is 3.05. The minimum atomic E-state index is -0.916. The number of hydrogen-bond donors (Lipinski definition) is 1. The standard InChI is InChI=1S/C14H18F2N2O/c1-17-9-11-5-3-7-18(11)13(19)8-10-4-2-6-12(15)14(10)16/h2,4,6,11,17H,3,5,7-9H2,1H3. The maximum absolute atomic E-state index is 13.5. The third kappa shape index (κ3) is 3.10. The Morgan fingerprint density at radius 2 is 2.26 bits per heavy atom. The summed E-state index contributed by atoms with van der Waals surface area (Å²) < 4.78 is 26.6. The van der Waals surface area contributed by atoms with Crippen LogP contribution in [0.1, 0.15) is 18.4 Å². The molecule has 1 aromatic rings. The van der Waals surface area contributed by atoms with Crippen LogP contribution < -0.4 is 5.32 Å². The van der Waals surface area contributed by atoms with Crippen molar-refractivity contribution in [2.45, 2.75) is 25.3 Å². The minimum absolute atomic E-state index is 0.0796. The van der Waals surface area contributed by atoms with Crippen molar-refractivity contribution in [1.82, 2.24) is 10.2 Å². The highest BCUT2D eigenvalue weighted by atomic mass is 19.2. The van der Waals surface area contributed by atoms with Crippen LogP contribution in [0.5, 0.6) is 0 Å². The zero-order valence-corrected chi connectivity index (χ0v) is 11.0. The number of benzene rings is 1. The predicted octanol–water partition coefficient (Wildman–Crippen LogP) is 1.72. The summed E-state index contributed by atoms with van der Waals surface area (Å²) in [6.07, 6.45) is 1.84. The van der Waals surface area contributed by atoms with Crippen LogP contribution in [-0.4, -0.2) is 37.0 Å². The Morgan fingerprint density at radius 3 is 3.00 bits per heavy atom. The smallest absolute Gasteiger partial charge is 0.227 e. The van der Waals surface area contributed by atoms with Crippen LogP contribution in [0.25, 0.3) is 0 Å². The van der Waals surface area contributed by atoms with E-state index in [1.165, 1.54) is 12.1 Å². The van der Waals surface area contributed by atoms with Crippen molar-refractivity contribution in [1.29, 1.82) is 0 Å². The van der Waals surface area contributed by atoms with Gasteiger partial charge >= 0.3 is 0 Å². The molecule has 0 radical (unpaired) electrons. The fourth-order valence-electron chi connectivity index (χ4n) is 2.56. The number of likely N-dealkylation sites (tertiary alicyclic amines) is 1. The second-order valence-electron chi connectivity index (χ2n) is 4.83. The highest BCUT2D eigenvalue weighted by Gasteiger charge is 2.28. The summed E-state index contributed by atoms with van der Waals surface area (Å²) in [6, 6.07) is 4.10. The molecule has 1 saturated heterocycles. The average molecular weight is 268 g/mol. The molecule has 3 nitrogen and oxygen atoms in total. The quantitative estimate of drug-likeness (QED) is 0.901. The van der Waals surface area contributed by atoms with E-state index in [1.807, 2.05) is 7.05 Å². The van der Waals surface area contributed by atoms with Crippen LogP contribution in [0.3, 0.4) is 0 Å². The van der Waals surface area contributed by atoms with E-state index >= 15 is 0 Å². The lowest BCUT2D eigenvalue weighted by molar-refractivity contribution is -0.131. The molecule has 2 rings (SSSR count). The molecule has 0 spiro atoms. The number of nitrogens with zero attached hydrogens (tertiary/aromatic N) is 1. The van der Waals surface area contributed by atoms with Crippen LogP contribution in [0.2, 0.25) is 0 Å². The van der Waals surface area contributed by atoms with Gasteiger partial charge in [0.1, 0.15) is 0 Å². The van der Waals surface area contributed by atoms with Gasteiger partial charge in [0.2, 0.25) is 5.91 Å². The molecule has 0 saturated carbocycles. The Labute approximate surface area is 111 Å². The van der Waals surface area contributed by atoms with Crippen molar-refractivity contribution in [2.24, 2.45) is 0 Å². The minimum Gasteiger partial charge on any atom is -0.338 e. The Morgan fingerprint density at radius 1 is 1.47 bits per heavy atom. The van der Waals surface area contributed by atoms with Gasteiger partial charge in [-0.2, -0.15) is 0 Å². The van der Waals surface area contributed by atoms with Crippen molar-refractivity contribution < 1.29 is 13.6 Å². The molecule has 0 aliphatic carbocycles. The lowest BCUT2D eigenvalue weighted by Crippen LogP contribution is -2.41. The SMILES string of the molecule is CNCC1CCCN1C(=O)Cc1cccc(F)c1F. The van der Waals surface area contributed by atoms with Crippen molar-refractivity contribution in [3.63, 3.8) is 0 Å². The molecule has 1 heterocycles. The zero-order valence-electron chi connectivity index (χ0n) is 11.0. The molecule has 1 fully saturated rings. The van der Waals surface area contributed by atoms with Gasteiger partial charge in [-0.1, -0.05) is 12.1 Å². The Bertz CT molecular complexity index is 465. The molecular formula is C14H18F2N2O. The van der Waals surface area contributed by atoms with E-state index in [9.17, 15) is 13.6 Å². The van der Waals surface area contributed by atoms with Gasteiger partial charge in [-0.3, -0.25) is 4.79 Å². The molecule has 1 atom stereocenters. The normalized spacial score (nSPS) is 18.9. The van der Waals surface area contributed by atoms with Crippen LogP contribution >= 0.6 is 0 Å². The summed E-state index contributed by atoms with van der Waals surface area (Å²) in [5.41, 5.74) is 0.125. The van der Waals surface area contributed by atoms with Gasteiger partial charge < -0.3 is 10.2 Å². The highest BCUT2D eigenvalue weighted by Crippen LogP contribution is 2.19. The Kier molecular flexibility index (Phi) is 4.47. The van der Waals surface area contributed by atoms with Gasteiger partial charge in [0, 0.05) is 24.7 Å². The number of likely N-dealkylation sites (N-methyl/N-ethyl adjacent to an activating group) is 1. The van der Waals surface area contributed by atoms with Gasteiger partial charge in [-0.05, 0) is 26.0 Å². The molecule has 1 N–H and O–H groups in total. The summed E-state index contributed by atoms with van der Waals surface area (Å²) >= 11 is 0. The first-order valence-corrected chi connectivity index (χ1v) is 6.50. The maximum atomic E-state index is 13.5. The number of nitrogens with one attached hydrogen (secondary N) is 1. The number of carbonyl (C=O) groups excluding carboxylic acids is 1. The lowest BCUT2D eigenvalue weighted by atomic mass is 10.1. The molecule has 1 amide bonds. The van der Waals surface area contributed by atoms with E-state index in [0.29, 0.717) is 6.54 Å². The molecule has 1 unspecified atom stereocenters. The number of rotatable bonds is 4. The first kappa shape index (κ1) is 13.9. The summed E-state index contributed by atoms with van der Waals surface area (Å²) in [5.74, 6) is -1.96. The molecule has 1 aromatic carbocycles. The second-order valence-corrected chi connectivity index (χ2v) is 4.83. The molecule has 104 valence electrons. The monoisotopic (exact) mass is 268 g/mol. The summed E-state index contributed by atoms with van der Waals surface area (Å²) in [4.78, 5) is 13.9. The van der Waals surface area contributed by atoms with Crippen LogP contribution in [0.15, 0.2) is 18.2 Å². The number of carbonyl (C=O) groups is 1. The maximum Gasteiger partial charge on any atom is 0.227 e. The van der Waals surface area contributed by atoms with E-state index in [1.54, 1.807) is 4.90 Å². The topological polar surface area (TPSA) is 32.3 Å². The Balaban J connectivity index is 2.06. The van der Waals surface area contributed by atoms with Crippen molar-refractivity contribution in [2.75, 3.05) is 20.1 Å². The lowest BCUT2D eigenvalue weighted by Gasteiger charge is -2.24. The average Bonchev–Trinajstić information content (AvgIpc) is 2.84. The van der Waals surface area contributed by atoms with Crippen LogP contribution in [0, 0.1) is 11.6 Å². The number of hydrogen-bond acceptors (Lipinski definition) is 2. The van der Waals surface area contributed by atoms with Crippen LogP contribution in [-0.2, 0) is 11.2 Å². The zero-order chi connectivity index (χ0) is 13.8. The summed E-state index contributed by atoms with van der Waals surface area (Å²) in [6.45, 7) is 1.43. The molecule has 5 heteroatoms. The van der Waals surface area contributed by atoms with Gasteiger partial charge in [0.25, 0.3) is 0 Å². The molecular weight excluding hydrogens is 250 g/mol. The van der Waals surface area contributed by atoms with E-state index < -0.39 is 11.6 Å². The molecule has 1 aliphatic rings. The molecule has 19 heavy (non-hydrogen) atoms. The predicted molar refractivity (Wildman–Crippen MR) is 68.7 cm³/mol. The number of halogens is 2.